The first kappa shape index (κ1) is 12.3. The largest absolute Gasteiger partial charge is 0.396 e. The van der Waals surface area contributed by atoms with Crippen LogP contribution in [0, 0.1) is 0 Å². The van der Waals surface area contributed by atoms with E-state index in [1.165, 1.54) is 0 Å². The van der Waals surface area contributed by atoms with Crippen LogP contribution in [0.3, 0.4) is 0 Å². The van der Waals surface area contributed by atoms with E-state index in [1.807, 2.05) is 0 Å². The highest BCUT2D eigenvalue weighted by Gasteiger charge is 2.50. The van der Waals surface area contributed by atoms with Crippen molar-refractivity contribution in [2.24, 2.45) is 0 Å². The summed E-state index contributed by atoms with van der Waals surface area (Å²) in [5.74, 6) is -1.05. The summed E-state index contributed by atoms with van der Waals surface area (Å²) < 4.78 is 11.3. The molecule has 2 fully saturated rings. The van der Waals surface area contributed by atoms with Crippen molar-refractivity contribution in [3.05, 3.63) is 0 Å². The van der Waals surface area contributed by atoms with Crippen LogP contribution in [0.25, 0.3) is 0 Å². The molecule has 0 amide bonds. The molecule has 0 radical (unpaired) electrons. The SMILES string of the molecule is OCC[C@@H]1C[C@H](O)[C@@H](O)[C@@]2(CCCCO2)O1. The van der Waals surface area contributed by atoms with E-state index in [2.05, 4.69) is 0 Å². The molecule has 5 heteroatoms. The van der Waals surface area contributed by atoms with Crippen LogP contribution < -0.4 is 0 Å². The molecule has 0 aromatic rings. The van der Waals surface area contributed by atoms with E-state index in [1.54, 1.807) is 0 Å². The molecule has 1 spiro atoms. The molecule has 3 N–H and O–H groups in total. The number of ether oxygens (including phenoxy) is 2. The molecule has 4 atom stereocenters. The van der Waals surface area contributed by atoms with Gasteiger partial charge in [0.15, 0.2) is 5.79 Å². The first-order valence-electron chi connectivity index (χ1n) is 5.97. The zero-order valence-corrected chi connectivity index (χ0v) is 9.34. The van der Waals surface area contributed by atoms with Crippen LogP contribution in [0.2, 0.25) is 0 Å². The van der Waals surface area contributed by atoms with Crippen LogP contribution in [0.1, 0.15) is 32.1 Å². The molecule has 0 saturated carbocycles. The van der Waals surface area contributed by atoms with Gasteiger partial charge in [0.2, 0.25) is 0 Å². The van der Waals surface area contributed by atoms with Crippen molar-refractivity contribution in [3.8, 4) is 0 Å². The van der Waals surface area contributed by atoms with Crippen molar-refractivity contribution >= 4 is 0 Å². The Kier molecular flexibility index (Phi) is 3.81. The van der Waals surface area contributed by atoms with Crippen molar-refractivity contribution in [1.29, 1.82) is 0 Å². The van der Waals surface area contributed by atoms with E-state index >= 15 is 0 Å². The number of rotatable bonds is 2. The van der Waals surface area contributed by atoms with Crippen LogP contribution in [0.4, 0.5) is 0 Å². The van der Waals surface area contributed by atoms with E-state index in [0.29, 0.717) is 25.9 Å². The maximum Gasteiger partial charge on any atom is 0.197 e. The molecule has 0 unspecified atom stereocenters. The summed E-state index contributed by atoms with van der Waals surface area (Å²) in [6.45, 7) is 0.569. The Labute approximate surface area is 95.0 Å². The predicted molar refractivity (Wildman–Crippen MR) is 55.7 cm³/mol. The highest BCUT2D eigenvalue weighted by Crippen LogP contribution is 2.38. The van der Waals surface area contributed by atoms with Gasteiger partial charge in [-0.3, -0.25) is 0 Å². The van der Waals surface area contributed by atoms with Crippen LogP contribution >= 0.6 is 0 Å². The third kappa shape index (κ3) is 2.24. The average Bonchev–Trinajstić information content (AvgIpc) is 2.28. The topological polar surface area (TPSA) is 79.2 Å². The Bertz CT molecular complexity index is 226. The van der Waals surface area contributed by atoms with Crippen molar-refractivity contribution in [2.75, 3.05) is 13.2 Å². The van der Waals surface area contributed by atoms with E-state index in [4.69, 9.17) is 14.6 Å². The number of hydrogen-bond donors (Lipinski definition) is 3. The summed E-state index contributed by atoms with van der Waals surface area (Å²) in [5, 5.41) is 28.7. The monoisotopic (exact) mass is 232 g/mol. The Balaban J connectivity index is 2.08. The summed E-state index contributed by atoms with van der Waals surface area (Å²) in [7, 11) is 0. The fraction of sp³-hybridized carbons (Fsp3) is 1.00. The second-order valence-electron chi connectivity index (χ2n) is 4.62. The van der Waals surface area contributed by atoms with Crippen molar-refractivity contribution < 1.29 is 24.8 Å². The van der Waals surface area contributed by atoms with Gasteiger partial charge in [-0.15, -0.1) is 0 Å². The minimum atomic E-state index is -1.05. The van der Waals surface area contributed by atoms with Gasteiger partial charge in [-0.2, -0.15) is 0 Å². The predicted octanol–water partition coefficient (Wildman–Crippen LogP) is -0.224. The summed E-state index contributed by atoms with van der Waals surface area (Å²) in [4.78, 5) is 0. The normalized spacial score (nSPS) is 44.8. The van der Waals surface area contributed by atoms with Gasteiger partial charge < -0.3 is 24.8 Å². The molecule has 2 saturated heterocycles. The maximum absolute atomic E-state index is 9.98. The molecule has 0 aromatic heterocycles. The standard InChI is InChI=1S/C11H20O5/c12-5-3-8-7-9(13)10(14)11(16-8)4-1-2-6-15-11/h8-10,12-14H,1-7H2/t8-,9+,10-,11-/m1/s1. The Morgan fingerprint density at radius 1 is 1.25 bits per heavy atom. The second-order valence-corrected chi connectivity index (χ2v) is 4.62. The molecule has 2 aliphatic heterocycles. The third-order valence-corrected chi connectivity index (χ3v) is 3.40. The Hall–Kier alpha value is -0.200. The van der Waals surface area contributed by atoms with Crippen molar-refractivity contribution in [2.45, 2.75) is 56.2 Å². The van der Waals surface area contributed by atoms with Gasteiger partial charge in [0, 0.05) is 19.4 Å². The molecule has 2 aliphatic rings. The molecular weight excluding hydrogens is 212 g/mol. The van der Waals surface area contributed by atoms with E-state index in [-0.39, 0.29) is 12.7 Å². The Morgan fingerprint density at radius 2 is 2.06 bits per heavy atom. The summed E-state index contributed by atoms with van der Waals surface area (Å²) in [6.07, 6.45) is 1.26. The van der Waals surface area contributed by atoms with E-state index in [0.717, 1.165) is 12.8 Å². The van der Waals surface area contributed by atoms with E-state index in [9.17, 15) is 10.2 Å². The smallest absolute Gasteiger partial charge is 0.197 e. The molecule has 0 aromatic carbocycles. The number of aliphatic hydroxyl groups is 3. The van der Waals surface area contributed by atoms with Gasteiger partial charge in [-0.25, -0.2) is 0 Å². The van der Waals surface area contributed by atoms with Crippen LogP contribution in [-0.4, -0.2) is 52.6 Å². The lowest BCUT2D eigenvalue weighted by atomic mass is 9.89. The zero-order chi connectivity index (χ0) is 11.6. The van der Waals surface area contributed by atoms with Crippen LogP contribution in [0.5, 0.6) is 0 Å². The Morgan fingerprint density at radius 3 is 2.69 bits per heavy atom. The molecule has 2 heterocycles. The van der Waals surface area contributed by atoms with Gasteiger partial charge in [0.25, 0.3) is 0 Å². The van der Waals surface area contributed by atoms with Crippen LogP contribution in [-0.2, 0) is 9.47 Å². The fourth-order valence-corrected chi connectivity index (χ4v) is 2.53. The van der Waals surface area contributed by atoms with Gasteiger partial charge >= 0.3 is 0 Å². The summed E-state index contributed by atoms with van der Waals surface area (Å²) in [5.41, 5.74) is 0. The van der Waals surface area contributed by atoms with Crippen molar-refractivity contribution in [1.82, 2.24) is 0 Å². The fourth-order valence-electron chi connectivity index (χ4n) is 2.53. The quantitative estimate of drug-likeness (QED) is 0.613. The molecule has 94 valence electrons. The van der Waals surface area contributed by atoms with Crippen LogP contribution in [0.15, 0.2) is 0 Å². The zero-order valence-electron chi connectivity index (χ0n) is 9.34. The lowest BCUT2D eigenvalue weighted by Gasteiger charge is -2.48. The second kappa shape index (κ2) is 4.98. The van der Waals surface area contributed by atoms with Gasteiger partial charge in [0.05, 0.1) is 18.8 Å². The summed E-state index contributed by atoms with van der Waals surface area (Å²) in [6, 6.07) is 0. The minimum absolute atomic E-state index is 0.0174. The first-order chi connectivity index (χ1) is 7.68. The highest BCUT2D eigenvalue weighted by atomic mass is 16.7. The molecule has 0 aliphatic carbocycles. The number of hydrogen-bond acceptors (Lipinski definition) is 5. The first-order valence-corrected chi connectivity index (χ1v) is 5.97. The average molecular weight is 232 g/mol. The molecule has 0 bridgehead atoms. The third-order valence-electron chi connectivity index (χ3n) is 3.40. The molecule has 5 nitrogen and oxygen atoms in total. The molecular formula is C11H20O5. The lowest BCUT2D eigenvalue weighted by molar-refractivity contribution is -0.352. The van der Waals surface area contributed by atoms with Gasteiger partial charge in [-0.05, 0) is 19.3 Å². The molecule has 16 heavy (non-hydrogen) atoms. The molecule has 2 rings (SSSR count). The summed E-state index contributed by atoms with van der Waals surface area (Å²) >= 11 is 0. The minimum Gasteiger partial charge on any atom is -0.396 e. The number of aliphatic hydroxyl groups excluding tert-OH is 3. The maximum atomic E-state index is 9.98. The lowest BCUT2D eigenvalue weighted by Crippen LogP contribution is -2.60. The van der Waals surface area contributed by atoms with Gasteiger partial charge in [0.1, 0.15) is 6.10 Å². The van der Waals surface area contributed by atoms with E-state index < -0.39 is 18.0 Å². The van der Waals surface area contributed by atoms with Gasteiger partial charge in [-0.1, -0.05) is 0 Å². The highest BCUT2D eigenvalue weighted by molar-refractivity contribution is 4.93. The van der Waals surface area contributed by atoms with Crippen molar-refractivity contribution in [3.63, 3.8) is 0 Å².